The Hall–Kier alpha value is -3.48. The standard InChI is InChI=1S/C20H15FNS.C20H20GeN.Ir/c1-12(2)13-9-10-22-18(11-13)16-7-3-5-14-15-6-4-8-17(21)20(15)23-19(14)16;1-21(2,3)19-15-22-20(17-12-8-5-9-13-17)14-18(19)16-10-6-4-7-11-16;/h3-6,8-12H,1-2H3;4-12,14-15H,1-3H3;/q2*-1;/i12D;;. The van der Waals surface area contributed by atoms with Crippen LogP contribution in [0.5, 0.6) is 0 Å². The van der Waals surface area contributed by atoms with Gasteiger partial charge in [0.05, 0.1) is 4.70 Å². The molecule has 2 nitrogen and oxygen atoms in total. The van der Waals surface area contributed by atoms with Crippen molar-refractivity contribution in [1.29, 1.82) is 0 Å². The minimum atomic E-state index is -1.99. The van der Waals surface area contributed by atoms with Gasteiger partial charge in [-0.25, -0.2) is 4.39 Å². The second-order valence-corrected chi connectivity index (χ2v) is 23.8. The fourth-order valence-corrected chi connectivity index (χ4v) is 9.72. The number of rotatable bonds is 5. The van der Waals surface area contributed by atoms with Crippen molar-refractivity contribution in [3.05, 3.63) is 139 Å². The molecule has 7 aromatic rings. The molecule has 46 heavy (non-hydrogen) atoms. The fraction of sp³-hybridized carbons (Fsp3) is 0.150. The normalized spacial score (nSPS) is 11.8. The average molecular weight is 861 g/mol. The quantitative estimate of drug-likeness (QED) is 0.127. The van der Waals surface area contributed by atoms with E-state index in [0.717, 1.165) is 43.6 Å². The molecule has 0 unspecified atom stereocenters. The molecular weight excluding hydrogens is 824 g/mol. The Bertz CT molecular complexity index is 2140. The zero-order chi connectivity index (χ0) is 32.5. The molecule has 0 aliphatic heterocycles. The number of fused-ring (bicyclic) bond motifs is 3. The van der Waals surface area contributed by atoms with Crippen molar-refractivity contribution in [2.24, 2.45) is 0 Å². The van der Waals surface area contributed by atoms with Gasteiger partial charge in [-0.1, -0.05) is 43.0 Å². The molecule has 0 bridgehead atoms. The summed E-state index contributed by atoms with van der Waals surface area (Å²) in [6.07, 6.45) is 3.82. The van der Waals surface area contributed by atoms with Crippen LogP contribution in [0.25, 0.3) is 53.8 Å². The third kappa shape index (κ3) is 7.24. The Labute approximate surface area is 292 Å². The van der Waals surface area contributed by atoms with Crippen LogP contribution in [0.15, 0.2) is 116 Å². The molecule has 0 amide bonds. The summed E-state index contributed by atoms with van der Waals surface area (Å²) in [5.74, 6) is 6.35. The first-order valence-electron chi connectivity index (χ1n) is 15.5. The van der Waals surface area contributed by atoms with E-state index in [1.54, 1.807) is 12.3 Å². The summed E-state index contributed by atoms with van der Waals surface area (Å²) in [5.41, 5.74) is 7.17. The molecule has 0 aliphatic carbocycles. The maximum Gasteiger partial charge on any atom is 0 e. The molecule has 3 heterocycles. The van der Waals surface area contributed by atoms with Gasteiger partial charge in [0.1, 0.15) is 5.82 Å². The van der Waals surface area contributed by atoms with E-state index >= 15 is 0 Å². The van der Waals surface area contributed by atoms with E-state index in [9.17, 15) is 4.39 Å². The van der Waals surface area contributed by atoms with Crippen molar-refractivity contribution in [2.75, 3.05) is 0 Å². The molecule has 0 fully saturated rings. The van der Waals surface area contributed by atoms with Gasteiger partial charge >= 0.3 is 135 Å². The van der Waals surface area contributed by atoms with Gasteiger partial charge in [-0.15, -0.1) is 23.8 Å². The molecule has 0 atom stereocenters. The Balaban J connectivity index is 0.000000181. The van der Waals surface area contributed by atoms with Gasteiger partial charge in [-0.3, -0.25) is 0 Å². The molecule has 0 saturated heterocycles. The number of hydrogen-bond acceptors (Lipinski definition) is 3. The smallest absolute Gasteiger partial charge is 0 e. The summed E-state index contributed by atoms with van der Waals surface area (Å²) in [7, 11) is 0. The first-order valence-corrected chi connectivity index (χ1v) is 23.2. The number of nitrogens with zero attached hydrogens (tertiary/aromatic N) is 2. The van der Waals surface area contributed by atoms with E-state index in [4.69, 9.17) is 6.35 Å². The van der Waals surface area contributed by atoms with Gasteiger partial charge < -0.3 is 4.98 Å². The number of thiophene rings is 1. The van der Waals surface area contributed by atoms with E-state index in [1.165, 1.54) is 32.9 Å². The summed E-state index contributed by atoms with van der Waals surface area (Å²) in [6.45, 7) is 3.70. The minimum absolute atomic E-state index is 0. The minimum Gasteiger partial charge on any atom is 0 e. The second-order valence-electron chi connectivity index (χ2n) is 12.3. The maximum absolute atomic E-state index is 14.1. The van der Waals surface area contributed by atoms with Crippen LogP contribution >= 0.6 is 11.3 Å². The second kappa shape index (κ2) is 14.5. The number of halogens is 1. The first kappa shape index (κ1) is 32.5. The molecule has 1 radical (unpaired) electrons. The van der Waals surface area contributed by atoms with Crippen LogP contribution < -0.4 is 4.40 Å². The molecule has 3 aromatic heterocycles. The predicted octanol–water partition coefficient (Wildman–Crippen LogP) is 10.9. The average Bonchev–Trinajstić information content (AvgIpc) is 3.45. The van der Waals surface area contributed by atoms with Crippen LogP contribution in [0.2, 0.25) is 17.3 Å². The van der Waals surface area contributed by atoms with Crippen LogP contribution in [0, 0.1) is 17.9 Å². The van der Waals surface area contributed by atoms with Crippen LogP contribution in [-0.4, -0.2) is 23.2 Å². The Morgan fingerprint density at radius 3 is 2.26 bits per heavy atom. The van der Waals surface area contributed by atoms with Gasteiger partial charge in [0.25, 0.3) is 0 Å². The molecule has 7 rings (SSSR count). The molecule has 6 heteroatoms. The molecule has 0 aliphatic rings. The summed E-state index contributed by atoms with van der Waals surface area (Å²) in [5, 5.41) is 1.93. The van der Waals surface area contributed by atoms with Gasteiger partial charge in [0.15, 0.2) is 0 Å². The van der Waals surface area contributed by atoms with Crippen LogP contribution in [0.3, 0.4) is 0 Å². The fourth-order valence-electron chi connectivity index (χ4n) is 5.41. The van der Waals surface area contributed by atoms with Crippen LogP contribution in [-0.2, 0) is 20.1 Å². The molecule has 0 N–H and O–H groups in total. The third-order valence-electron chi connectivity index (χ3n) is 7.79. The van der Waals surface area contributed by atoms with E-state index in [1.807, 2.05) is 62.4 Å². The van der Waals surface area contributed by atoms with E-state index in [2.05, 4.69) is 83.0 Å². The van der Waals surface area contributed by atoms with E-state index in [-0.39, 0.29) is 25.9 Å². The molecule has 233 valence electrons. The predicted molar refractivity (Wildman–Crippen MR) is 192 cm³/mol. The zero-order valence-electron chi connectivity index (χ0n) is 27.5. The van der Waals surface area contributed by atoms with E-state index < -0.39 is 19.2 Å². The zero-order valence-corrected chi connectivity index (χ0v) is 31.8. The van der Waals surface area contributed by atoms with Gasteiger partial charge in [-0.2, -0.15) is 11.3 Å². The Morgan fingerprint density at radius 2 is 1.54 bits per heavy atom. The summed E-state index contributed by atoms with van der Waals surface area (Å²) in [4.78, 5) is 9.18. The van der Waals surface area contributed by atoms with Gasteiger partial charge in [0.2, 0.25) is 0 Å². The number of aromatic nitrogens is 2. The van der Waals surface area contributed by atoms with Gasteiger partial charge in [-0.05, 0) is 33.8 Å². The van der Waals surface area contributed by atoms with Crippen molar-refractivity contribution in [2.45, 2.75) is 37.0 Å². The Morgan fingerprint density at radius 1 is 0.783 bits per heavy atom. The van der Waals surface area contributed by atoms with Crippen molar-refractivity contribution in [1.82, 2.24) is 9.97 Å². The number of pyridine rings is 2. The topological polar surface area (TPSA) is 25.8 Å². The molecule has 4 aromatic carbocycles. The van der Waals surface area contributed by atoms with Crippen molar-refractivity contribution >= 4 is 49.2 Å². The SMILES string of the molecule is [2H]C(C)(C)c1ccnc(-c2[c-]ccc3c2sc2c(F)cccc23)c1.[CH3][Ge]([CH3])([CH3])[c]1cnc(-c2[c-]cccc2)cc1-c1ccccc1.[Ir]. The number of benzene rings is 4. The maximum atomic E-state index is 14.1. The van der Waals surface area contributed by atoms with E-state index in [0.29, 0.717) is 4.70 Å². The summed E-state index contributed by atoms with van der Waals surface area (Å²) < 4.78 is 25.4. The van der Waals surface area contributed by atoms with Crippen molar-refractivity contribution in [3.8, 4) is 33.6 Å². The largest absolute Gasteiger partial charge is 0 e. The number of hydrogen-bond donors (Lipinski definition) is 0. The van der Waals surface area contributed by atoms with Crippen molar-refractivity contribution in [3.63, 3.8) is 0 Å². The molecule has 0 saturated carbocycles. The summed E-state index contributed by atoms with van der Waals surface area (Å²) in [6, 6.07) is 40.2. The third-order valence-corrected chi connectivity index (χ3v) is 13.3. The molecular formula is C40H35FGeIrN2S-2. The Kier molecular flexibility index (Phi) is 10.2. The van der Waals surface area contributed by atoms with Crippen LogP contribution in [0.4, 0.5) is 4.39 Å². The van der Waals surface area contributed by atoms with Gasteiger partial charge in [0, 0.05) is 27.7 Å². The monoisotopic (exact) mass is 862 g/mol. The first-order chi connectivity index (χ1) is 22.0. The summed E-state index contributed by atoms with van der Waals surface area (Å²) >= 11 is -0.556. The van der Waals surface area contributed by atoms with Crippen LogP contribution in [0.1, 0.15) is 26.7 Å². The van der Waals surface area contributed by atoms with Crippen molar-refractivity contribution < 1.29 is 25.9 Å². The molecule has 0 spiro atoms.